The number of aliphatic hydroxyl groups is 2. The molecule has 1 rings (SSSR count). The van der Waals surface area contributed by atoms with Gasteiger partial charge in [0, 0.05) is 6.20 Å². The highest BCUT2D eigenvalue weighted by molar-refractivity contribution is 7.16. The predicted molar refractivity (Wildman–Crippen MR) is 65.5 cm³/mol. The largest absolute Gasteiger partial charge is 0.394 e. The SMILES string of the molecule is Nc1ccn(CO[C@H](CO)C(O)CP)c(=O)n1. The standard InChI is InChI=1S/C9H16N3O4P/c10-8-1-2-12(9(15)11-8)5-16-7(3-13)6(14)4-17/h1-2,6-7,13-14H,3-5,17H2,(H2,10,11,15)/t6?,7-/m1/s1. The lowest BCUT2D eigenvalue weighted by molar-refractivity contribution is -0.0809. The molecule has 8 heteroatoms. The molecule has 1 heterocycles. The molecule has 0 fully saturated rings. The highest BCUT2D eigenvalue weighted by Gasteiger charge is 2.17. The lowest BCUT2D eigenvalue weighted by atomic mass is 10.2. The van der Waals surface area contributed by atoms with Crippen molar-refractivity contribution in [3.63, 3.8) is 0 Å². The van der Waals surface area contributed by atoms with E-state index in [0.717, 1.165) is 0 Å². The molecule has 17 heavy (non-hydrogen) atoms. The lowest BCUT2D eigenvalue weighted by Gasteiger charge is -2.20. The fraction of sp³-hybridized carbons (Fsp3) is 0.556. The molecular formula is C9H16N3O4P. The van der Waals surface area contributed by atoms with E-state index in [1.54, 1.807) is 0 Å². The van der Waals surface area contributed by atoms with Crippen molar-refractivity contribution in [2.24, 2.45) is 0 Å². The molecule has 0 aliphatic heterocycles. The number of nitrogens with zero attached hydrogens (tertiary/aromatic N) is 2. The smallest absolute Gasteiger partial charge is 0.351 e. The Morgan fingerprint density at radius 2 is 2.35 bits per heavy atom. The van der Waals surface area contributed by atoms with E-state index in [1.807, 2.05) is 0 Å². The fourth-order valence-electron chi connectivity index (χ4n) is 1.15. The molecule has 4 N–H and O–H groups in total. The van der Waals surface area contributed by atoms with Gasteiger partial charge in [0.15, 0.2) is 0 Å². The number of rotatable bonds is 6. The molecule has 0 aliphatic carbocycles. The minimum Gasteiger partial charge on any atom is -0.394 e. The summed E-state index contributed by atoms with van der Waals surface area (Å²) in [5, 5.41) is 18.5. The Balaban J connectivity index is 2.63. The zero-order valence-corrected chi connectivity index (χ0v) is 10.3. The summed E-state index contributed by atoms with van der Waals surface area (Å²) in [6.07, 6.45) is 0.270. The van der Waals surface area contributed by atoms with Crippen molar-refractivity contribution in [3.8, 4) is 0 Å². The number of aliphatic hydroxyl groups excluding tert-OH is 2. The van der Waals surface area contributed by atoms with Crippen LogP contribution in [0.4, 0.5) is 5.82 Å². The molecule has 2 unspecified atom stereocenters. The van der Waals surface area contributed by atoms with Crippen LogP contribution in [0.3, 0.4) is 0 Å². The Labute approximate surface area is 100 Å². The summed E-state index contributed by atoms with van der Waals surface area (Å²) >= 11 is 0. The molecule has 0 amide bonds. The minimum atomic E-state index is -0.803. The van der Waals surface area contributed by atoms with Crippen LogP contribution in [0.25, 0.3) is 0 Å². The highest BCUT2D eigenvalue weighted by Crippen LogP contribution is 2.03. The van der Waals surface area contributed by atoms with E-state index >= 15 is 0 Å². The number of aromatic nitrogens is 2. The summed E-state index contributed by atoms with van der Waals surface area (Å²) in [4.78, 5) is 14.9. The molecule has 0 aliphatic rings. The van der Waals surface area contributed by atoms with Crippen LogP contribution in [0.5, 0.6) is 0 Å². The average Bonchev–Trinajstić information content (AvgIpc) is 2.31. The van der Waals surface area contributed by atoms with Gasteiger partial charge in [0.05, 0.1) is 12.7 Å². The fourth-order valence-corrected chi connectivity index (χ4v) is 1.46. The molecule has 0 saturated heterocycles. The van der Waals surface area contributed by atoms with Gasteiger partial charge in [-0.2, -0.15) is 4.98 Å². The number of nitrogens with two attached hydrogens (primary N) is 1. The molecule has 0 radical (unpaired) electrons. The summed E-state index contributed by atoms with van der Waals surface area (Å²) in [6, 6.07) is 1.46. The van der Waals surface area contributed by atoms with Crippen molar-refractivity contribution in [1.82, 2.24) is 9.55 Å². The van der Waals surface area contributed by atoms with Crippen LogP contribution in [-0.4, -0.2) is 44.7 Å². The third kappa shape index (κ3) is 4.05. The van der Waals surface area contributed by atoms with Crippen LogP contribution >= 0.6 is 9.24 Å². The van der Waals surface area contributed by atoms with Crippen LogP contribution < -0.4 is 11.4 Å². The Bertz CT molecular complexity index is 411. The summed E-state index contributed by atoms with van der Waals surface area (Å²) in [5.41, 5.74) is 4.79. The highest BCUT2D eigenvalue weighted by atomic mass is 31.0. The van der Waals surface area contributed by atoms with Gasteiger partial charge in [-0.3, -0.25) is 4.57 Å². The first kappa shape index (κ1) is 14.1. The predicted octanol–water partition coefficient (Wildman–Crippen LogP) is -1.60. The maximum Gasteiger partial charge on any atom is 0.351 e. The van der Waals surface area contributed by atoms with Gasteiger partial charge < -0.3 is 20.7 Å². The van der Waals surface area contributed by atoms with Gasteiger partial charge >= 0.3 is 5.69 Å². The Morgan fingerprint density at radius 3 is 2.88 bits per heavy atom. The molecule has 1 aromatic rings. The van der Waals surface area contributed by atoms with Gasteiger partial charge in [0.1, 0.15) is 18.7 Å². The van der Waals surface area contributed by atoms with Crippen LogP contribution in [0, 0.1) is 0 Å². The minimum absolute atomic E-state index is 0.0981. The Hall–Kier alpha value is -1.01. The van der Waals surface area contributed by atoms with Crippen molar-refractivity contribution >= 4 is 15.1 Å². The summed E-state index contributed by atoms with van der Waals surface area (Å²) in [6.45, 7) is -0.425. The van der Waals surface area contributed by atoms with Crippen molar-refractivity contribution < 1.29 is 14.9 Å². The molecular weight excluding hydrogens is 245 g/mol. The molecule has 7 nitrogen and oxygen atoms in total. The summed E-state index contributed by atoms with van der Waals surface area (Å²) in [7, 11) is 2.35. The molecule has 0 aromatic carbocycles. The second kappa shape index (κ2) is 6.66. The summed E-state index contributed by atoms with van der Waals surface area (Å²) < 4.78 is 6.41. The number of hydrogen-bond acceptors (Lipinski definition) is 6. The Kier molecular flexibility index (Phi) is 5.50. The van der Waals surface area contributed by atoms with E-state index in [9.17, 15) is 9.90 Å². The van der Waals surface area contributed by atoms with Crippen molar-refractivity contribution in [2.75, 3.05) is 18.5 Å². The molecule has 0 bridgehead atoms. The second-order valence-electron chi connectivity index (χ2n) is 3.42. The van der Waals surface area contributed by atoms with Gasteiger partial charge in [0.2, 0.25) is 0 Å². The van der Waals surface area contributed by atoms with Gasteiger partial charge in [0.25, 0.3) is 0 Å². The quantitative estimate of drug-likeness (QED) is 0.532. The molecule has 0 spiro atoms. The van der Waals surface area contributed by atoms with E-state index in [-0.39, 0.29) is 19.2 Å². The molecule has 1 aromatic heterocycles. The first-order valence-corrected chi connectivity index (χ1v) is 5.83. The zero-order chi connectivity index (χ0) is 12.8. The maximum absolute atomic E-state index is 11.3. The van der Waals surface area contributed by atoms with E-state index in [0.29, 0.717) is 6.16 Å². The monoisotopic (exact) mass is 261 g/mol. The second-order valence-corrected chi connectivity index (χ2v) is 3.90. The number of nitrogen functional groups attached to an aromatic ring is 1. The van der Waals surface area contributed by atoms with E-state index < -0.39 is 17.9 Å². The van der Waals surface area contributed by atoms with Gasteiger partial charge in [-0.1, -0.05) is 0 Å². The van der Waals surface area contributed by atoms with Gasteiger partial charge in [-0.05, 0) is 12.2 Å². The maximum atomic E-state index is 11.3. The van der Waals surface area contributed by atoms with Gasteiger partial charge in [-0.15, -0.1) is 9.24 Å². The van der Waals surface area contributed by atoms with Crippen LogP contribution in [0.1, 0.15) is 0 Å². The lowest BCUT2D eigenvalue weighted by Crippen LogP contribution is -2.36. The van der Waals surface area contributed by atoms with Crippen molar-refractivity contribution in [2.45, 2.75) is 18.9 Å². The van der Waals surface area contributed by atoms with E-state index in [1.165, 1.54) is 16.8 Å². The Morgan fingerprint density at radius 1 is 1.65 bits per heavy atom. The average molecular weight is 261 g/mol. The summed E-state index contributed by atoms with van der Waals surface area (Å²) in [5.74, 6) is 0.134. The number of hydrogen-bond donors (Lipinski definition) is 3. The van der Waals surface area contributed by atoms with E-state index in [4.69, 9.17) is 15.6 Å². The van der Waals surface area contributed by atoms with Crippen LogP contribution in [-0.2, 0) is 11.5 Å². The number of anilines is 1. The van der Waals surface area contributed by atoms with E-state index in [2.05, 4.69) is 14.2 Å². The first-order chi connectivity index (χ1) is 8.08. The molecule has 0 saturated carbocycles. The normalized spacial score (nSPS) is 14.5. The first-order valence-electron chi connectivity index (χ1n) is 5.02. The molecule has 3 atom stereocenters. The van der Waals surface area contributed by atoms with Crippen LogP contribution in [0.2, 0.25) is 0 Å². The third-order valence-electron chi connectivity index (χ3n) is 2.17. The van der Waals surface area contributed by atoms with Gasteiger partial charge in [-0.25, -0.2) is 4.79 Å². The van der Waals surface area contributed by atoms with Crippen molar-refractivity contribution in [1.29, 1.82) is 0 Å². The zero-order valence-electron chi connectivity index (χ0n) is 9.19. The van der Waals surface area contributed by atoms with Crippen molar-refractivity contribution in [3.05, 3.63) is 22.7 Å². The number of ether oxygens (including phenoxy) is 1. The third-order valence-corrected chi connectivity index (χ3v) is 2.66. The topological polar surface area (TPSA) is 111 Å². The molecule has 96 valence electrons. The van der Waals surface area contributed by atoms with Crippen LogP contribution in [0.15, 0.2) is 17.1 Å².